The van der Waals surface area contributed by atoms with Gasteiger partial charge in [-0.3, -0.25) is 76.7 Å². The maximum Gasteiger partial charge on any atom is 0.293 e. The molecule has 3 aliphatic rings. The van der Waals surface area contributed by atoms with E-state index < -0.39 is 186 Å². The standard InChI is InChI=1S/C93H114N16O19S3/c1-8-9-29-74-93(127)109-53-131-50-78(109)88(122)103-72(47-128-54-110)85(119)97-56(4)89(123)106(6)75(42-58-23-15-11-16-24-58)86(120)102-71(41-61-32-36-64(112)37-33-61)91(125)108-52-130-49-77(108)87(121)101-69(44-62-45-95-66-28-20-19-27-65(62)66)84(118)100-68(39-60-30-34-63(111)35-31-60)83(117)99-67(38-55(2)3)82(116)104-73(81(115)96-46-79(94)113)48-129-51-80(114)98-70(40-57-21-13-10-14-22-57)90(124)107(7)76(92(126)105(74)5)43-59-25-17-12-18-26-59/h10-28,30-37,45,54-56,67-78,95,111-112H,8-9,29,38-44,46-53H2,1-7H3,(H2,94,113)(H,96,115)(H,97,119)(H,98,114)(H,99,117)(H,100,118)(H,101,121)(H,102,120)(H,103,122)(H,104,116)/t56-,67-,68-,69-,70-,71-,72-,73-,74-,75-,76-,77+,78+/m0/s1. The van der Waals surface area contributed by atoms with Gasteiger partial charge in [-0.25, -0.2) is 0 Å². The zero-order valence-electron chi connectivity index (χ0n) is 73.9. The summed E-state index contributed by atoms with van der Waals surface area (Å²) in [6.07, 6.45) is 1.39. The molecule has 7 aromatic rings. The molecule has 10 rings (SSSR count). The molecule has 0 spiro atoms. The lowest BCUT2D eigenvalue weighted by molar-refractivity contribution is -0.152. The van der Waals surface area contributed by atoms with Crippen LogP contribution in [0.25, 0.3) is 10.9 Å². The first-order valence-corrected chi connectivity index (χ1v) is 46.7. The number of carbonyl (C=O) groups excluding carboxylic acids is 16. The summed E-state index contributed by atoms with van der Waals surface area (Å²) in [5.41, 5.74) is 9.27. The third-order valence-corrected chi connectivity index (χ3v) is 26.0. The fourth-order valence-electron chi connectivity index (χ4n) is 15.7. The molecule has 698 valence electrons. The Kier molecular flexibility index (Phi) is 37.2. The van der Waals surface area contributed by atoms with E-state index in [1.165, 1.54) is 120 Å². The first-order chi connectivity index (χ1) is 62.8. The van der Waals surface area contributed by atoms with E-state index in [0.717, 1.165) is 16.7 Å². The van der Waals surface area contributed by atoms with Crippen LogP contribution in [-0.4, -0.2) is 282 Å². The van der Waals surface area contributed by atoms with E-state index in [4.69, 9.17) is 10.5 Å². The van der Waals surface area contributed by atoms with Gasteiger partial charge in [0, 0.05) is 94.0 Å². The Bertz CT molecular complexity index is 5180. The number of nitrogens with zero attached hydrogens (tertiary/aromatic N) is 5. The van der Waals surface area contributed by atoms with Gasteiger partial charge in [-0.05, 0) is 89.4 Å². The number of aromatic amines is 1. The number of nitrogens with two attached hydrogens (primary N) is 1. The number of para-hydroxylation sites is 1. The molecule has 131 heavy (non-hydrogen) atoms. The number of hydrogen-bond acceptors (Lipinski definition) is 22. The molecule has 13 atom stereocenters. The van der Waals surface area contributed by atoms with E-state index in [1.54, 1.807) is 135 Å². The molecule has 0 aliphatic carbocycles. The van der Waals surface area contributed by atoms with E-state index in [-0.39, 0.29) is 104 Å². The lowest BCUT2D eigenvalue weighted by atomic mass is 9.99. The van der Waals surface area contributed by atoms with Crippen LogP contribution in [0, 0.1) is 5.92 Å². The number of phenolic OH excluding ortho intramolecular Hbond substituents is 2. The van der Waals surface area contributed by atoms with Crippen LogP contribution in [0.5, 0.6) is 11.5 Å². The van der Waals surface area contributed by atoms with Crippen molar-refractivity contribution in [3.8, 4) is 11.5 Å². The number of likely N-dealkylation sites (N-methyl/N-ethyl adjacent to an activating group) is 3. The monoisotopic (exact) mass is 1850 g/mol. The van der Waals surface area contributed by atoms with Crippen LogP contribution in [0.1, 0.15) is 86.8 Å². The Hall–Kier alpha value is -13.0. The predicted molar refractivity (Wildman–Crippen MR) is 493 cm³/mol. The van der Waals surface area contributed by atoms with E-state index in [9.17, 15) is 39.0 Å². The molecular weight excluding hydrogens is 1740 g/mol. The van der Waals surface area contributed by atoms with E-state index in [0.29, 0.717) is 57.1 Å². The van der Waals surface area contributed by atoms with Gasteiger partial charge < -0.3 is 98.0 Å². The highest BCUT2D eigenvalue weighted by Gasteiger charge is 2.46. The molecule has 3 aliphatic heterocycles. The van der Waals surface area contributed by atoms with Gasteiger partial charge >= 0.3 is 0 Å². The second-order valence-corrected chi connectivity index (χ2v) is 36.1. The van der Waals surface area contributed by atoms with Crippen molar-refractivity contribution in [3.63, 3.8) is 0 Å². The van der Waals surface area contributed by atoms with Crippen molar-refractivity contribution < 1.29 is 91.7 Å². The van der Waals surface area contributed by atoms with Gasteiger partial charge in [0.25, 0.3) is 6.47 Å². The molecule has 0 saturated carbocycles. The highest BCUT2D eigenvalue weighted by molar-refractivity contribution is 8.00. The largest absolute Gasteiger partial charge is 0.508 e. The number of rotatable bonds is 23. The SMILES string of the molecule is CCCC[C@H]1C(=O)N2CSC[C@@H]2C(=O)N[C@@H](COC=O)C(=O)N[C@@H](C)C(=O)N(C)[C@@H](Cc2ccccc2)C(=O)N[C@@H](Cc2ccc(O)cc2)C(=O)N2CSC[C@@H]2C(=O)N[C@@H](Cc2c[nH]c3ccccc23)C(=O)N[C@@H](Cc2ccc(O)cc2)C(=O)N[C@@H](CC(C)C)C(=O)N[C@H](C(=O)NCC(N)=O)CSCC(=O)N[C@@H](Cc2ccccc2)C(=O)N(C)[C@@H](Cc2ccccc2)C(=O)N1C. The lowest BCUT2D eigenvalue weighted by Gasteiger charge is -2.37. The van der Waals surface area contributed by atoms with Crippen LogP contribution in [0.2, 0.25) is 0 Å². The molecule has 1 aromatic heterocycles. The number of ether oxygens (including phenoxy) is 1. The number of fused-ring (bicyclic) bond motifs is 3. The zero-order chi connectivity index (χ0) is 94.5. The van der Waals surface area contributed by atoms with Crippen LogP contribution >= 0.6 is 35.3 Å². The van der Waals surface area contributed by atoms with Gasteiger partial charge in [-0.1, -0.05) is 167 Å². The van der Waals surface area contributed by atoms with Gasteiger partial charge in [0.1, 0.15) is 96.6 Å². The minimum atomic E-state index is -1.72. The number of H-pyrrole nitrogens is 1. The fraction of sp³-hybridized carbons (Fsp3) is 0.419. The molecule has 3 saturated heterocycles. The van der Waals surface area contributed by atoms with Crippen molar-refractivity contribution in [2.75, 3.05) is 69.1 Å². The molecule has 0 unspecified atom stereocenters. The molecular formula is C93H114N16O19S3. The number of benzene rings is 6. The Labute approximate surface area is 771 Å². The van der Waals surface area contributed by atoms with Crippen LogP contribution < -0.4 is 53.6 Å². The smallest absolute Gasteiger partial charge is 0.293 e. The number of aromatic hydroxyl groups is 2. The van der Waals surface area contributed by atoms with Crippen LogP contribution in [0.4, 0.5) is 0 Å². The minimum Gasteiger partial charge on any atom is -0.508 e. The highest BCUT2D eigenvalue weighted by Crippen LogP contribution is 2.29. The first-order valence-electron chi connectivity index (χ1n) is 43.2. The molecule has 4 heterocycles. The van der Waals surface area contributed by atoms with Crippen molar-refractivity contribution in [2.45, 2.75) is 170 Å². The number of primary amides is 1. The molecule has 6 aromatic carbocycles. The van der Waals surface area contributed by atoms with Gasteiger partial charge in [0.15, 0.2) is 0 Å². The molecule has 3 fully saturated rings. The van der Waals surface area contributed by atoms with E-state index >= 15 is 47.9 Å². The normalized spacial score (nSPS) is 23.6. The Morgan fingerprint density at radius 3 is 1.50 bits per heavy atom. The second-order valence-electron chi connectivity index (χ2n) is 33.0. The summed E-state index contributed by atoms with van der Waals surface area (Å²) in [6.45, 7) is 5.29. The number of nitrogens with one attached hydrogen (secondary N) is 10. The maximum atomic E-state index is 15.7. The molecule has 0 radical (unpaired) electrons. The van der Waals surface area contributed by atoms with Crippen molar-refractivity contribution in [3.05, 3.63) is 203 Å². The number of aromatic nitrogens is 1. The molecule has 35 nitrogen and oxygen atoms in total. The average Bonchev–Trinajstić information content (AvgIpc) is 1.79. The summed E-state index contributed by atoms with van der Waals surface area (Å²) in [6, 6.07) is 25.5. The minimum absolute atomic E-state index is 0.0132. The summed E-state index contributed by atoms with van der Waals surface area (Å²) in [7, 11) is 4.12. The molecule has 0 bridgehead atoms. The summed E-state index contributed by atoms with van der Waals surface area (Å²) < 4.78 is 5.09. The lowest BCUT2D eigenvalue weighted by Crippen LogP contribution is -2.62. The summed E-state index contributed by atoms with van der Waals surface area (Å²) in [5.74, 6) is -14.5. The number of unbranched alkanes of at least 4 members (excludes halogenated alkanes) is 1. The van der Waals surface area contributed by atoms with E-state index in [2.05, 4.69) is 52.8 Å². The van der Waals surface area contributed by atoms with Crippen molar-refractivity contribution in [1.82, 2.24) is 77.3 Å². The topological polar surface area (TPSA) is 489 Å². The number of hydrogen-bond donors (Lipinski definition) is 13. The van der Waals surface area contributed by atoms with Crippen molar-refractivity contribution in [1.29, 1.82) is 0 Å². The second kappa shape index (κ2) is 48.6. The summed E-state index contributed by atoms with van der Waals surface area (Å²) in [4.78, 5) is 246. The molecule has 14 N–H and O–H groups in total. The van der Waals surface area contributed by atoms with Crippen LogP contribution in [0.15, 0.2) is 170 Å². The van der Waals surface area contributed by atoms with E-state index in [1.807, 2.05) is 6.92 Å². The Morgan fingerprint density at radius 2 is 0.939 bits per heavy atom. The average molecular weight is 1860 g/mol. The fourth-order valence-corrected chi connectivity index (χ4v) is 18.9. The third kappa shape index (κ3) is 28.3. The number of carbonyl (C=O) groups is 16. The summed E-state index contributed by atoms with van der Waals surface area (Å²) in [5, 5.41) is 46.0. The third-order valence-electron chi connectivity index (χ3n) is 22.9. The van der Waals surface area contributed by atoms with Crippen LogP contribution in [0.3, 0.4) is 0 Å². The van der Waals surface area contributed by atoms with Crippen LogP contribution in [-0.2, 0) is 120 Å². The van der Waals surface area contributed by atoms with Crippen molar-refractivity contribution >= 4 is 141 Å². The van der Waals surface area contributed by atoms with Gasteiger partial charge in [0.05, 0.1) is 24.1 Å². The van der Waals surface area contributed by atoms with Gasteiger partial charge in [-0.15, -0.1) is 35.3 Å². The first kappa shape index (κ1) is 100. The maximum absolute atomic E-state index is 15.7. The highest BCUT2D eigenvalue weighted by atomic mass is 32.2. The van der Waals surface area contributed by atoms with Gasteiger partial charge in [-0.2, -0.15) is 0 Å². The number of phenols is 2. The van der Waals surface area contributed by atoms with Gasteiger partial charge in [0.2, 0.25) is 88.6 Å². The Balaban J connectivity index is 1.03. The molecule has 15 amide bonds. The Morgan fingerprint density at radius 1 is 0.481 bits per heavy atom. The van der Waals surface area contributed by atoms with Crippen molar-refractivity contribution in [2.24, 2.45) is 11.7 Å². The zero-order valence-corrected chi connectivity index (χ0v) is 76.4. The molecule has 38 heteroatoms. The number of amides is 15. The number of thioether (sulfide) groups is 3. The quantitative estimate of drug-likeness (QED) is 0.0409. The predicted octanol–water partition coefficient (Wildman–Crippen LogP) is 2.27. The summed E-state index contributed by atoms with van der Waals surface area (Å²) >= 11 is 3.23.